The van der Waals surface area contributed by atoms with E-state index in [0.29, 0.717) is 18.7 Å². The summed E-state index contributed by atoms with van der Waals surface area (Å²) in [4.78, 5) is 28.5. The molecule has 3 rings (SSSR count). The largest absolute Gasteiger partial charge is 0.352 e. The normalized spacial score (nSPS) is 10.7. The number of benzene rings is 1. The van der Waals surface area contributed by atoms with Gasteiger partial charge < -0.3 is 9.88 Å². The number of amides is 1. The molecule has 5 nitrogen and oxygen atoms in total. The molecule has 0 aliphatic heterocycles. The predicted molar refractivity (Wildman–Crippen MR) is 93.6 cm³/mol. The zero-order valence-corrected chi connectivity index (χ0v) is 13.5. The van der Waals surface area contributed by atoms with Crippen molar-refractivity contribution >= 4 is 16.8 Å². The van der Waals surface area contributed by atoms with Crippen LogP contribution in [-0.4, -0.2) is 15.5 Å². The number of nitrogens with zero attached hydrogens (tertiary/aromatic N) is 2. The van der Waals surface area contributed by atoms with Crippen LogP contribution in [0.25, 0.3) is 10.9 Å². The molecule has 1 N–H and O–H groups in total. The molecule has 0 atom stereocenters. The second kappa shape index (κ2) is 7.08. The van der Waals surface area contributed by atoms with E-state index in [9.17, 15) is 9.59 Å². The van der Waals surface area contributed by atoms with Crippen LogP contribution in [0.3, 0.4) is 0 Å². The van der Waals surface area contributed by atoms with Crippen molar-refractivity contribution < 1.29 is 4.79 Å². The lowest BCUT2D eigenvalue weighted by Gasteiger charge is -2.12. The Morgan fingerprint density at radius 2 is 2.04 bits per heavy atom. The summed E-state index contributed by atoms with van der Waals surface area (Å²) in [6.07, 6.45) is 3.67. The summed E-state index contributed by atoms with van der Waals surface area (Å²) in [6, 6.07) is 13.3. The highest BCUT2D eigenvalue weighted by Crippen LogP contribution is 2.13. The Labute approximate surface area is 140 Å². The number of rotatable bonds is 5. The molecule has 3 aromatic rings. The van der Waals surface area contributed by atoms with Gasteiger partial charge in [0.05, 0.1) is 5.52 Å². The van der Waals surface area contributed by atoms with Gasteiger partial charge in [-0.15, -0.1) is 0 Å². The zero-order valence-electron chi connectivity index (χ0n) is 13.5. The van der Waals surface area contributed by atoms with Crippen LogP contribution in [0.15, 0.2) is 59.7 Å². The molecule has 0 saturated carbocycles. The first-order valence-electron chi connectivity index (χ1n) is 7.90. The van der Waals surface area contributed by atoms with E-state index in [1.54, 1.807) is 23.9 Å². The molecule has 0 aliphatic rings. The predicted octanol–water partition coefficient (Wildman–Crippen LogP) is 2.41. The molecular weight excluding hydrogens is 302 g/mol. The van der Waals surface area contributed by atoms with Crippen LogP contribution in [0.2, 0.25) is 0 Å². The van der Waals surface area contributed by atoms with Crippen molar-refractivity contribution in [3.63, 3.8) is 0 Å². The number of hydrogen-bond donors (Lipinski definition) is 1. The molecule has 2 aromatic heterocycles. The molecule has 0 radical (unpaired) electrons. The number of hydrogen-bond acceptors (Lipinski definition) is 3. The van der Waals surface area contributed by atoms with Crippen molar-refractivity contribution in [2.24, 2.45) is 0 Å². The van der Waals surface area contributed by atoms with Gasteiger partial charge in [-0.25, -0.2) is 0 Å². The van der Waals surface area contributed by atoms with E-state index in [1.165, 1.54) is 0 Å². The van der Waals surface area contributed by atoms with E-state index in [-0.39, 0.29) is 17.9 Å². The average molecular weight is 321 g/mol. The maximum Gasteiger partial charge on any atom is 0.253 e. The Hall–Kier alpha value is -2.95. The molecule has 5 heteroatoms. The lowest BCUT2D eigenvalue weighted by molar-refractivity contribution is -0.121. The molecular formula is C19H19N3O2. The fourth-order valence-electron chi connectivity index (χ4n) is 2.70. The van der Waals surface area contributed by atoms with Gasteiger partial charge >= 0.3 is 0 Å². The fraction of sp³-hybridized carbons (Fsp3) is 0.211. The third-order valence-electron chi connectivity index (χ3n) is 3.96. The van der Waals surface area contributed by atoms with Crippen LogP contribution >= 0.6 is 0 Å². The monoisotopic (exact) mass is 321 g/mol. The number of para-hydroxylation sites is 1. The Morgan fingerprint density at radius 3 is 2.83 bits per heavy atom. The van der Waals surface area contributed by atoms with E-state index in [4.69, 9.17) is 0 Å². The van der Waals surface area contributed by atoms with Gasteiger partial charge in [0.25, 0.3) is 5.56 Å². The molecule has 0 unspecified atom stereocenters. The van der Waals surface area contributed by atoms with Gasteiger partial charge in [-0.3, -0.25) is 14.6 Å². The lowest BCUT2D eigenvalue weighted by atomic mass is 10.1. The van der Waals surface area contributed by atoms with Crippen LogP contribution in [-0.2, 0) is 17.9 Å². The van der Waals surface area contributed by atoms with Crippen molar-refractivity contribution in [3.05, 3.63) is 76.3 Å². The number of aromatic nitrogens is 2. The highest BCUT2D eigenvalue weighted by molar-refractivity contribution is 5.80. The second-order valence-corrected chi connectivity index (χ2v) is 5.73. The molecule has 0 saturated heterocycles. The van der Waals surface area contributed by atoms with Crippen molar-refractivity contribution in [1.82, 2.24) is 14.9 Å². The summed E-state index contributed by atoms with van der Waals surface area (Å²) in [5.74, 6) is -0.0867. The Kier molecular flexibility index (Phi) is 4.70. The zero-order chi connectivity index (χ0) is 16.9. The summed E-state index contributed by atoms with van der Waals surface area (Å²) >= 11 is 0. The average Bonchev–Trinajstić information content (AvgIpc) is 2.61. The van der Waals surface area contributed by atoms with Gasteiger partial charge in [-0.05, 0) is 36.1 Å². The Bertz CT molecular complexity index is 917. The van der Waals surface area contributed by atoms with Gasteiger partial charge in [0.1, 0.15) is 0 Å². The molecule has 0 fully saturated rings. The SMILES string of the molecule is Cc1cc2ccccc2n(CCC(=O)NCc2cccnc2)c1=O. The molecule has 1 aromatic carbocycles. The van der Waals surface area contributed by atoms with E-state index >= 15 is 0 Å². The first-order chi connectivity index (χ1) is 11.6. The van der Waals surface area contributed by atoms with Crippen molar-refractivity contribution in [2.75, 3.05) is 0 Å². The van der Waals surface area contributed by atoms with Crippen LogP contribution in [0, 0.1) is 6.92 Å². The molecule has 2 heterocycles. The van der Waals surface area contributed by atoms with Crippen LogP contribution < -0.4 is 10.9 Å². The van der Waals surface area contributed by atoms with Gasteiger partial charge in [0, 0.05) is 37.5 Å². The fourth-order valence-corrected chi connectivity index (χ4v) is 2.70. The minimum Gasteiger partial charge on any atom is -0.352 e. The minimum absolute atomic E-state index is 0.0474. The van der Waals surface area contributed by atoms with Crippen molar-refractivity contribution in [1.29, 1.82) is 0 Å². The summed E-state index contributed by atoms with van der Waals surface area (Å²) in [6.45, 7) is 2.60. The van der Waals surface area contributed by atoms with Crippen molar-refractivity contribution in [3.8, 4) is 0 Å². The highest BCUT2D eigenvalue weighted by atomic mass is 16.1. The number of pyridine rings is 2. The number of aryl methyl sites for hydroxylation is 2. The Morgan fingerprint density at radius 1 is 1.21 bits per heavy atom. The molecule has 122 valence electrons. The number of fused-ring (bicyclic) bond motifs is 1. The quantitative estimate of drug-likeness (QED) is 0.785. The number of carbonyl (C=O) groups is 1. The standard InChI is InChI=1S/C19H19N3O2/c1-14-11-16-6-2-3-7-17(16)22(19(14)24)10-8-18(23)21-13-15-5-4-9-20-12-15/h2-7,9,11-12H,8,10,13H2,1H3,(H,21,23). The van der Waals surface area contributed by atoms with Crippen LogP contribution in [0.1, 0.15) is 17.5 Å². The second-order valence-electron chi connectivity index (χ2n) is 5.73. The summed E-state index contributed by atoms with van der Waals surface area (Å²) in [5, 5.41) is 3.86. The molecule has 24 heavy (non-hydrogen) atoms. The first-order valence-corrected chi connectivity index (χ1v) is 7.90. The van der Waals surface area contributed by atoms with Gasteiger partial charge in [-0.2, -0.15) is 0 Å². The lowest BCUT2D eigenvalue weighted by Crippen LogP contribution is -2.28. The summed E-state index contributed by atoms with van der Waals surface area (Å²) in [7, 11) is 0. The topological polar surface area (TPSA) is 64.0 Å². The maximum atomic E-state index is 12.4. The third-order valence-corrected chi connectivity index (χ3v) is 3.96. The van der Waals surface area contributed by atoms with E-state index < -0.39 is 0 Å². The van der Waals surface area contributed by atoms with E-state index in [2.05, 4.69) is 10.3 Å². The maximum absolute atomic E-state index is 12.4. The number of nitrogens with one attached hydrogen (secondary N) is 1. The van der Waals surface area contributed by atoms with Crippen molar-refractivity contribution in [2.45, 2.75) is 26.4 Å². The third kappa shape index (κ3) is 3.51. The minimum atomic E-state index is -0.0867. The molecule has 0 bridgehead atoms. The number of carbonyl (C=O) groups excluding carboxylic acids is 1. The van der Waals surface area contributed by atoms with E-state index in [0.717, 1.165) is 16.5 Å². The van der Waals surface area contributed by atoms with Crippen LogP contribution in [0.4, 0.5) is 0 Å². The summed E-state index contributed by atoms with van der Waals surface area (Å²) < 4.78 is 1.67. The molecule has 0 spiro atoms. The molecule has 1 amide bonds. The first kappa shape index (κ1) is 15.9. The van der Waals surface area contributed by atoms with E-state index in [1.807, 2.05) is 42.5 Å². The van der Waals surface area contributed by atoms with Gasteiger partial charge in [0.2, 0.25) is 5.91 Å². The Balaban J connectivity index is 1.70. The smallest absolute Gasteiger partial charge is 0.253 e. The summed E-state index contributed by atoms with van der Waals surface area (Å²) in [5.41, 5.74) is 2.44. The van der Waals surface area contributed by atoms with Crippen LogP contribution in [0.5, 0.6) is 0 Å². The van der Waals surface area contributed by atoms with Gasteiger partial charge in [-0.1, -0.05) is 24.3 Å². The highest BCUT2D eigenvalue weighted by Gasteiger charge is 2.08. The van der Waals surface area contributed by atoms with Gasteiger partial charge in [0.15, 0.2) is 0 Å². The molecule has 0 aliphatic carbocycles.